The fourth-order valence-corrected chi connectivity index (χ4v) is 2.16. The third-order valence-electron chi connectivity index (χ3n) is 2.41. The molecule has 0 aliphatic heterocycles. The van der Waals surface area contributed by atoms with E-state index in [1.807, 2.05) is 37.9 Å². The normalized spacial score (nSPS) is 10.4. The van der Waals surface area contributed by atoms with Crippen LogP contribution in [0.25, 0.3) is 0 Å². The molecule has 18 heavy (non-hydrogen) atoms. The van der Waals surface area contributed by atoms with Crippen LogP contribution in [0.3, 0.4) is 0 Å². The maximum absolute atomic E-state index is 5.89. The molecule has 1 rings (SSSR count). The molecule has 1 N–H and O–H groups in total. The monoisotopic (exact) mass is 269 g/mol. The zero-order valence-electron chi connectivity index (χ0n) is 11.5. The minimum absolute atomic E-state index is 0.656. The number of rotatable bonds is 9. The Hall–Kier alpha value is -0.870. The average molecular weight is 269 g/mol. The van der Waals surface area contributed by atoms with E-state index in [0.717, 1.165) is 41.7 Å². The van der Waals surface area contributed by atoms with Crippen LogP contribution in [-0.4, -0.2) is 31.8 Å². The molecule has 1 aromatic rings. The smallest absolute Gasteiger partial charge is 0.165 e. The second kappa shape index (κ2) is 9.11. The number of ether oxygens (including phenoxy) is 2. The molecule has 0 bridgehead atoms. The summed E-state index contributed by atoms with van der Waals surface area (Å²) in [5, 5.41) is 3.15. The van der Waals surface area contributed by atoms with Crippen LogP contribution in [0.1, 0.15) is 19.4 Å². The number of para-hydroxylation sites is 1. The van der Waals surface area contributed by atoms with Crippen molar-refractivity contribution in [2.45, 2.75) is 20.4 Å². The number of hydrogen-bond acceptors (Lipinski definition) is 4. The van der Waals surface area contributed by atoms with Gasteiger partial charge in [0.1, 0.15) is 0 Å². The van der Waals surface area contributed by atoms with E-state index >= 15 is 0 Å². The Morgan fingerprint density at radius 3 is 2.72 bits per heavy atom. The van der Waals surface area contributed by atoms with Gasteiger partial charge in [0, 0.05) is 17.9 Å². The summed E-state index contributed by atoms with van der Waals surface area (Å²) in [6, 6.07) is 6.04. The lowest BCUT2D eigenvalue weighted by Gasteiger charge is -2.15. The predicted molar refractivity (Wildman–Crippen MR) is 78.9 cm³/mol. The fraction of sp³-hybridized carbons (Fsp3) is 0.571. The molecule has 4 heteroatoms. The molecule has 0 heterocycles. The van der Waals surface area contributed by atoms with Crippen molar-refractivity contribution in [3.8, 4) is 11.5 Å². The zero-order chi connectivity index (χ0) is 13.2. The Labute approximate surface area is 114 Å². The summed E-state index contributed by atoms with van der Waals surface area (Å²) >= 11 is 1.88. The van der Waals surface area contributed by atoms with Gasteiger partial charge < -0.3 is 14.8 Å². The molecule has 0 atom stereocenters. The highest BCUT2D eigenvalue weighted by molar-refractivity contribution is 7.99. The van der Waals surface area contributed by atoms with E-state index in [4.69, 9.17) is 9.47 Å². The Morgan fingerprint density at radius 1 is 1.22 bits per heavy atom. The molecular formula is C14H23NO2S. The second-order valence-corrected chi connectivity index (χ2v) is 5.15. The van der Waals surface area contributed by atoms with Gasteiger partial charge in [-0.15, -0.1) is 0 Å². The summed E-state index contributed by atoms with van der Waals surface area (Å²) in [7, 11) is 1.93. The van der Waals surface area contributed by atoms with Crippen LogP contribution in [0.2, 0.25) is 0 Å². The lowest BCUT2D eigenvalue weighted by Crippen LogP contribution is -2.10. The van der Waals surface area contributed by atoms with E-state index in [-0.39, 0.29) is 0 Å². The minimum atomic E-state index is 0.656. The number of benzene rings is 1. The topological polar surface area (TPSA) is 30.5 Å². The third kappa shape index (κ3) is 4.78. The summed E-state index contributed by atoms with van der Waals surface area (Å²) in [6.07, 6.45) is 0. The molecule has 0 amide bonds. The van der Waals surface area contributed by atoms with E-state index in [1.165, 1.54) is 0 Å². The van der Waals surface area contributed by atoms with Crippen LogP contribution in [0, 0.1) is 0 Å². The largest absolute Gasteiger partial charge is 0.490 e. The number of thioether (sulfide) groups is 1. The molecule has 0 fully saturated rings. The molecular weight excluding hydrogens is 246 g/mol. The van der Waals surface area contributed by atoms with Crippen LogP contribution in [0.5, 0.6) is 11.5 Å². The van der Waals surface area contributed by atoms with Crippen molar-refractivity contribution in [1.29, 1.82) is 0 Å². The molecule has 0 radical (unpaired) electrons. The lowest BCUT2D eigenvalue weighted by atomic mass is 10.2. The molecule has 0 saturated heterocycles. The minimum Gasteiger partial charge on any atom is -0.490 e. The highest BCUT2D eigenvalue weighted by atomic mass is 32.2. The Morgan fingerprint density at radius 2 is 2.06 bits per heavy atom. The van der Waals surface area contributed by atoms with Crippen molar-refractivity contribution in [3.05, 3.63) is 23.8 Å². The van der Waals surface area contributed by atoms with E-state index in [2.05, 4.69) is 18.3 Å². The first-order valence-corrected chi connectivity index (χ1v) is 7.58. The molecule has 0 aromatic heterocycles. The van der Waals surface area contributed by atoms with Gasteiger partial charge >= 0.3 is 0 Å². The molecule has 3 nitrogen and oxygen atoms in total. The summed E-state index contributed by atoms with van der Waals surface area (Å²) in [6.45, 7) is 6.31. The van der Waals surface area contributed by atoms with E-state index in [0.29, 0.717) is 6.61 Å². The van der Waals surface area contributed by atoms with Gasteiger partial charge in [0.15, 0.2) is 11.5 Å². The molecule has 0 unspecified atom stereocenters. The van der Waals surface area contributed by atoms with E-state index < -0.39 is 0 Å². The Balaban J connectivity index is 2.74. The van der Waals surface area contributed by atoms with Crippen molar-refractivity contribution >= 4 is 11.8 Å². The molecule has 0 aliphatic carbocycles. The van der Waals surface area contributed by atoms with Gasteiger partial charge in [0.25, 0.3) is 0 Å². The van der Waals surface area contributed by atoms with Gasteiger partial charge in [-0.05, 0) is 25.8 Å². The van der Waals surface area contributed by atoms with Crippen molar-refractivity contribution in [2.24, 2.45) is 0 Å². The lowest BCUT2D eigenvalue weighted by molar-refractivity contribution is 0.286. The maximum Gasteiger partial charge on any atom is 0.165 e. The van der Waals surface area contributed by atoms with Gasteiger partial charge in [-0.25, -0.2) is 0 Å². The van der Waals surface area contributed by atoms with Crippen LogP contribution in [0.4, 0.5) is 0 Å². The third-order valence-corrected chi connectivity index (χ3v) is 3.27. The van der Waals surface area contributed by atoms with Crippen LogP contribution in [-0.2, 0) is 6.54 Å². The number of nitrogens with one attached hydrogen (secondary N) is 1. The molecule has 0 saturated carbocycles. The van der Waals surface area contributed by atoms with E-state index in [9.17, 15) is 0 Å². The van der Waals surface area contributed by atoms with Crippen LogP contribution < -0.4 is 14.8 Å². The fourth-order valence-electron chi connectivity index (χ4n) is 1.67. The SMILES string of the molecule is CCOc1cccc(CNC)c1OCCSCC. The summed E-state index contributed by atoms with van der Waals surface area (Å²) in [5.74, 6) is 3.85. The van der Waals surface area contributed by atoms with Gasteiger partial charge in [0.2, 0.25) is 0 Å². The van der Waals surface area contributed by atoms with Gasteiger partial charge in [-0.1, -0.05) is 19.1 Å². The first-order chi connectivity index (χ1) is 8.83. The van der Waals surface area contributed by atoms with Crippen molar-refractivity contribution in [3.63, 3.8) is 0 Å². The van der Waals surface area contributed by atoms with Crippen molar-refractivity contribution < 1.29 is 9.47 Å². The molecule has 0 aliphatic rings. The molecule has 102 valence electrons. The van der Waals surface area contributed by atoms with Crippen molar-refractivity contribution in [1.82, 2.24) is 5.32 Å². The molecule has 0 spiro atoms. The van der Waals surface area contributed by atoms with Crippen LogP contribution >= 0.6 is 11.8 Å². The number of hydrogen-bond donors (Lipinski definition) is 1. The Kier molecular flexibility index (Phi) is 7.69. The van der Waals surface area contributed by atoms with E-state index in [1.54, 1.807) is 0 Å². The first kappa shape index (κ1) is 15.2. The molecule has 1 aromatic carbocycles. The maximum atomic E-state index is 5.89. The summed E-state index contributed by atoms with van der Waals surface area (Å²) < 4.78 is 11.5. The highest BCUT2D eigenvalue weighted by Gasteiger charge is 2.10. The van der Waals surface area contributed by atoms with Crippen LogP contribution in [0.15, 0.2) is 18.2 Å². The summed E-state index contributed by atoms with van der Waals surface area (Å²) in [4.78, 5) is 0. The summed E-state index contributed by atoms with van der Waals surface area (Å²) in [5.41, 5.74) is 1.14. The first-order valence-electron chi connectivity index (χ1n) is 6.43. The van der Waals surface area contributed by atoms with Gasteiger partial charge in [-0.2, -0.15) is 11.8 Å². The predicted octanol–water partition coefficient (Wildman–Crippen LogP) is 2.94. The average Bonchev–Trinajstić information content (AvgIpc) is 2.38. The highest BCUT2D eigenvalue weighted by Crippen LogP contribution is 2.31. The Bertz CT molecular complexity index is 320. The zero-order valence-corrected chi connectivity index (χ0v) is 12.3. The van der Waals surface area contributed by atoms with Crippen molar-refractivity contribution in [2.75, 3.05) is 31.8 Å². The van der Waals surface area contributed by atoms with Gasteiger partial charge in [-0.3, -0.25) is 0 Å². The van der Waals surface area contributed by atoms with Gasteiger partial charge in [0.05, 0.1) is 13.2 Å². The quantitative estimate of drug-likeness (QED) is 0.698. The standard InChI is InChI=1S/C14H23NO2S/c1-4-16-13-8-6-7-12(11-15-3)14(13)17-9-10-18-5-2/h6-8,15H,4-5,9-11H2,1-3H3. The second-order valence-electron chi connectivity index (χ2n) is 3.75.